The van der Waals surface area contributed by atoms with E-state index in [0.717, 1.165) is 42.0 Å². The number of anilines is 1. The fourth-order valence-corrected chi connectivity index (χ4v) is 4.51. The Balaban J connectivity index is 1.59. The molecule has 2 heterocycles. The second kappa shape index (κ2) is 7.94. The van der Waals surface area contributed by atoms with Gasteiger partial charge in [0.15, 0.2) is 5.13 Å². The molecule has 1 fully saturated rings. The van der Waals surface area contributed by atoms with E-state index in [9.17, 15) is 4.79 Å². The molecule has 1 unspecified atom stereocenters. The highest BCUT2D eigenvalue weighted by Gasteiger charge is 2.30. The molecule has 1 aliphatic heterocycles. The summed E-state index contributed by atoms with van der Waals surface area (Å²) in [7, 11) is 2.11. The Bertz CT molecular complexity index is 938. The molecule has 4 rings (SSSR count). The minimum atomic E-state index is -0.324. The highest BCUT2D eigenvalue weighted by atomic mass is 35.5. The van der Waals surface area contributed by atoms with Crippen molar-refractivity contribution in [3.05, 3.63) is 59.1 Å². The molecule has 140 valence electrons. The summed E-state index contributed by atoms with van der Waals surface area (Å²) in [6.45, 7) is 3.63. The first kappa shape index (κ1) is 18.4. The summed E-state index contributed by atoms with van der Waals surface area (Å²) < 4.78 is 0.966. The molecule has 27 heavy (non-hydrogen) atoms. The van der Waals surface area contributed by atoms with Crippen molar-refractivity contribution in [2.45, 2.75) is 6.04 Å². The topological polar surface area (TPSA) is 48.5 Å². The van der Waals surface area contributed by atoms with Crippen LogP contribution in [0.2, 0.25) is 5.02 Å². The van der Waals surface area contributed by atoms with Gasteiger partial charge in [0.1, 0.15) is 6.04 Å². The minimum Gasteiger partial charge on any atom is -0.304 e. The summed E-state index contributed by atoms with van der Waals surface area (Å²) in [5.41, 5.74) is 1.85. The van der Waals surface area contributed by atoms with E-state index in [1.54, 1.807) is 0 Å². The summed E-state index contributed by atoms with van der Waals surface area (Å²) in [4.78, 5) is 22.3. The van der Waals surface area contributed by atoms with Crippen LogP contribution in [0.1, 0.15) is 11.6 Å². The number of nitrogens with zero attached hydrogens (tertiary/aromatic N) is 3. The quantitative estimate of drug-likeness (QED) is 0.722. The fourth-order valence-electron chi connectivity index (χ4n) is 3.37. The Kier molecular flexibility index (Phi) is 5.41. The average Bonchev–Trinajstić information content (AvgIpc) is 3.05. The molecule has 0 spiro atoms. The predicted molar refractivity (Wildman–Crippen MR) is 112 cm³/mol. The van der Waals surface area contributed by atoms with Crippen LogP contribution in [-0.4, -0.2) is 53.9 Å². The summed E-state index contributed by atoms with van der Waals surface area (Å²) in [6.07, 6.45) is 0. The van der Waals surface area contributed by atoms with Crippen molar-refractivity contribution < 1.29 is 4.79 Å². The molecule has 0 bridgehead atoms. The van der Waals surface area contributed by atoms with Gasteiger partial charge in [-0.05, 0) is 30.8 Å². The Morgan fingerprint density at radius 3 is 2.63 bits per heavy atom. The second-order valence-electron chi connectivity index (χ2n) is 6.77. The summed E-state index contributed by atoms with van der Waals surface area (Å²) in [6, 6.07) is 15.2. The maximum absolute atomic E-state index is 13.2. The van der Waals surface area contributed by atoms with Crippen LogP contribution in [0.25, 0.3) is 10.2 Å². The van der Waals surface area contributed by atoms with Crippen molar-refractivity contribution in [2.24, 2.45) is 0 Å². The van der Waals surface area contributed by atoms with E-state index in [1.807, 2.05) is 48.5 Å². The van der Waals surface area contributed by atoms with Gasteiger partial charge in [-0.15, -0.1) is 0 Å². The molecule has 1 aliphatic rings. The van der Waals surface area contributed by atoms with Crippen molar-refractivity contribution >= 4 is 44.2 Å². The number of likely N-dealkylation sites (N-methyl/N-ethyl adjacent to an activating group) is 1. The molecule has 1 saturated heterocycles. The van der Waals surface area contributed by atoms with Crippen LogP contribution < -0.4 is 5.32 Å². The number of fused-ring (bicyclic) bond motifs is 1. The Labute approximate surface area is 167 Å². The zero-order chi connectivity index (χ0) is 18.8. The highest BCUT2D eigenvalue weighted by Crippen LogP contribution is 2.30. The van der Waals surface area contributed by atoms with E-state index in [4.69, 9.17) is 11.6 Å². The molecular weight excluding hydrogens is 380 g/mol. The molecule has 5 nitrogen and oxygen atoms in total. The Morgan fingerprint density at radius 2 is 1.89 bits per heavy atom. The molecule has 3 aromatic rings. The number of carbonyl (C=O) groups excluding carboxylic acids is 1. The molecule has 2 aromatic carbocycles. The maximum atomic E-state index is 13.2. The Morgan fingerprint density at radius 1 is 1.15 bits per heavy atom. The van der Waals surface area contributed by atoms with Crippen LogP contribution in [0.3, 0.4) is 0 Å². The highest BCUT2D eigenvalue weighted by molar-refractivity contribution is 7.22. The van der Waals surface area contributed by atoms with Gasteiger partial charge in [-0.1, -0.05) is 53.3 Å². The van der Waals surface area contributed by atoms with Crippen LogP contribution in [0.4, 0.5) is 5.13 Å². The van der Waals surface area contributed by atoms with Crippen molar-refractivity contribution in [2.75, 3.05) is 38.5 Å². The maximum Gasteiger partial charge on any atom is 0.248 e. The number of thiazole rings is 1. The standard InChI is InChI=1S/C20H21ClN4OS/c1-24-9-11-25(12-10-24)18(14-5-3-2-4-6-14)19(26)23-20-22-16-8-7-15(21)13-17(16)27-20/h2-8,13,18H,9-12H2,1H3,(H,22,23,26). The molecule has 0 aliphatic carbocycles. The molecule has 1 amide bonds. The molecule has 0 radical (unpaired) electrons. The van der Waals surface area contributed by atoms with Gasteiger partial charge in [-0.25, -0.2) is 4.98 Å². The van der Waals surface area contributed by atoms with Gasteiger partial charge in [0, 0.05) is 31.2 Å². The number of halogens is 1. The second-order valence-corrected chi connectivity index (χ2v) is 8.24. The lowest BCUT2D eigenvalue weighted by Gasteiger charge is -2.37. The number of rotatable bonds is 4. The summed E-state index contributed by atoms with van der Waals surface area (Å²) in [5, 5.41) is 4.30. The number of aromatic nitrogens is 1. The van der Waals surface area contributed by atoms with E-state index < -0.39 is 0 Å². The molecule has 1 atom stereocenters. The normalized spacial score (nSPS) is 17.1. The van der Waals surface area contributed by atoms with Gasteiger partial charge in [0.2, 0.25) is 5.91 Å². The lowest BCUT2D eigenvalue weighted by molar-refractivity contribution is -0.122. The monoisotopic (exact) mass is 400 g/mol. The third-order valence-corrected chi connectivity index (χ3v) is 6.02. The van der Waals surface area contributed by atoms with Gasteiger partial charge < -0.3 is 10.2 Å². The van der Waals surface area contributed by atoms with Crippen molar-refractivity contribution in [1.82, 2.24) is 14.8 Å². The van der Waals surface area contributed by atoms with Crippen molar-refractivity contribution in [1.29, 1.82) is 0 Å². The largest absolute Gasteiger partial charge is 0.304 e. The van der Waals surface area contributed by atoms with Crippen LogP contribution >= 0.6 is 22.9 Å². The summed E-state index contributed by atoms with van der Waals surface area (Å²) >= 11 is 7.50. The van der Waals surface area contributed by atoms with E-state index >= 15 is 0 Å². The van der Waals surface area contributed by atoms with Gasteiger partial charge in [0.25, 0.3) is 0 Å². The smallest absolute Gasteiger partial charge is 0.248 e. The SMILES string of the molecule is CN1CCN(C(C(=O)Nc2nc3ccc(Cl)cc3s2)c2ccccc2)CC1. The number of piperazine rings is 1. The van der Waals surface area contributed by atoms with Gasteiger partial charge in [-0.2, -0.15) is 0 Å². The van der Waals surface area contributed by atoms with Crippen molar-refractivity contribution in [3.8, 4) is 0 Å². The number of hydrogen-bond acceptors (Lipinski definition) is 5. The molecule has 1 aromatic heterocycles. The zero-order valence-electron chi connectivity index (χ0n) is 15.1. The molecule has 1 N–H and O–H groups in total. The number of benzene rings is 2. The minimum absolute atomic E-state index is 0.0455. The third kappa shape index (κ3) is 4.14. The number of amides is 1. The van der Waals surface area contributed by atoms with E-state index in [2.05, 4.69) is 27.1 Å². The first-order valence-electron chi connectivity index (χ1n) is 8.94. The lowest BCUT2D eigenvalue weighted by atomic mass is 10.0. The molecule has 7 heteroatoms. The van der Waals surface area contributed by atoms with Crippen LogP contribution in [0, 0.1) is 0 Å². The average molecular weight is 401 g/mol. The lowest BCUT2D eigenvalue weighted by Crippen LogP contribution is -2.48. The predicted octanol–water partition coefficient (Wildman–Crippen LogP) is 3.88. The van der Waals surface area contributed by atoms with E-state index in [0.29, 0.717) is 10.2 Å². The number of nitrogens with one attached hydrogen (secondary N) is 1. The number of hydrogen-bond donors (Lipinski definition) is 1. The van der Waals surface area contributed by atoms with Crippen molar-refractivity contribution in [3.63, 3.8) is 0 Å². The number of carbonyl (C=O) groups is 1. The van der Waals surface area contributed by atoms with E-state index in [1.165, 1.54) is 11.3 Å². The van der Waals surface area contributed by atoms with Gasteiger partial charge in [-0.3, -0.25) is 9.69 Å². The van der Waals surface area contributed by atoms with Gasteiger partial charge in [0.05, 0.1) is 10.2 Å². The van der Waals surface area contributed by atoms with E-state index in [-0.39, 0.29) is 11.9 Å². The van der Waals surface area contributed by atoms with Crippen LogP contribution in [0.15, 0.2) is 48.5 Å². The summed E-state index contributed by atoms with van der Waals surface area (Å²) in [5.74, 6) is -0.0455. The first-order chi connectivity index (χ1) is 13.1. The third-order valence-electron chi connectivity index (χ3n) is 4.85. The Hall–Kier alpha value is -1.99. The van der Waals surface area contributed by atoms with Crippen LogP contribution in [-0.2, 0) is 4.79 Å². The fraction of sp³-hybridized carbons (Fsp3) is 0.300. The van der Waals surface area contributed by atoms with Gasteiger partial charge >= 0.3 is 0 Å². The zero-order valence-corrected chi connectivity index (χ0v) is 16.6. The molecular formula is C20H21ClN4OS. The first-order valence-corrected chi connectivity index (χ1v) is 10.1. The molecule has 0 saturated carbocycles. The van der Waals surface area contributed by atoms with Crippen LogP contribution in [0.5, 0.6) is 0 Å².